The molecule has 13 nitrogen and oxygen atoms in total. The van der Waals surface area contributed by atoms with Crippen LogP contribution in [0.2, 0.25) is 0 Å². The third kappa shape index (κ3) is 21.3. The molecule has 2 unspecified atom stereocenters. The number of para-hydroxylation sites is 2. The molecule has 72 heavy (non-hydrogen) atoms. The zero-order valence-corrected chi connectivity index (χ0v) is 43.7. The zero-order valence-electron chi connectivity index (χ0n) is 43.7. The first-order valence-corrected chi connectivity index (χ1v) is 23.3. The Morgan fingerprint density at radius 2 is 0.889 bits per heavy atom. The number of rotatable bonds is 19. The average molecular weight is 1010 g/mol. The lowest BCUT2D eigenvalue weighted by atomic mass is 10.1. The first kappa shape index (κ1) is 62.6. The lowest BCUT2D eigenvalue weighted by Crippen LogP contribution is -2.50. The minimum absolute atomic E-state index is 0.143. The van der Waals surface area contributed by atoms with Crippen molar-refractivity contribution in [3.8, 4) is 11.5 Å². The SMILES string of the molecule is CC.CC(C(=O)N[C@H](C=O)Cc1cc(F)cc(F)c1)N(C)c1ccccc1N(C=O)C(C)C(=O)N[C@H](C=O)Cc1cc(F)cc(F)c1.CCC.COc1ccc(N(C)C)cc1.COc1ccc(N(C)C)cc1. The van der Waals surface area contributed by atoms with Crippen molar-refractivity contribution in [2.45, 2.75) is 85.0 Å². The molecule has 5 aromatic carbocycles. The van der Waals surface area contributed by atoms with Crippen molar-refractivity contribution >= 4 is 53.5 Å². The fraction of sp³-hybridized carbons (Fsp3) is 0.364. The summed E-state index contributed by atoms with van der Waals surface area (Å²) in [5.74, 6) is -2.86. The average Bonchev–Trinajstić information content (AvgIpc) is 3.36. The van der Waals surface area contributed by atoms with Gasteiger partial charge < -0.3 is 49.3 Å². The number of likely N-dealkylation sites (N-methyl/N-ethyl adjacent to an activating group) is 1. The van der Waals surface area contributed by atoms with Crippen molar-refractivity contribution in [2.24, 2.45) is 0 Å². The molecule has 0 spiro atoms. The maximum atomic E-state index is 13.6. The number of hydrogen-bond acceptors (Lipinski definition) is 10. The summed E-state index contributed by atoms with van der Waals surface area (Å²) in [7, 11) is 13.0. The third-order valence-electron chi connectivity index (χ3n) is 10.3. The van der Waals surface area contributed by atoms with Gasteiger partial charge in [-0.3, -0.25) is 14.4 Å². The predicted molar refractivity (Wildman–Crippen MR) is 280 cm³/mol. The van der Waals surface area contributed by atoms with E-state index in [1.165, 1.54) is 42.6 Å². The van der Waals surface area contributed by atoms with E-state index in [1.54, 1.807) is 39.5 Å². The molecule has 4 atom stereocenters. The van der Waals surface area contributed by atoms with E-state index >= 15 is 0 Å². The smallest absolute Gasteiger partial charge is 0.243 e. The number of carbonyl (C=O) groups is 5. The quantitative estimate of drug-likeness (QED) is 0.0608. The van der Waals surface area contributed by atoms with E-state index < -0.39 is 59.3 Å². The Kier molecular flexibility index (Phi) is 28.9. The first-order valence-electron chi connectivity index (χ1n) is 23.3. The highest BCUT2D eigenvalue weighted by molar-refractivity contribution is 5.96. The van der Waals surface area contributed by atoms with Crippen molar-refractivity contribution in [3.63, 3.8) is 0 Å². The highest BCUT2D eigenvalue weighted by atomic mass is 19.1. The molecule has 0 saturated carbocycles. The molecule has 392 valence electrons. The van der Waals surface area contributed by atoms with Gasteiger partial charge in [-0.05, 0) is 123 Å². The number of halogens is 4. The summed E-state index contributed by atoms with van der Waals surface area (Å²) in [4.78, 5) is 68.5. The molecule has 0 saturated heterocycles. The van der Waals surface area contributed by atoms with Gasteiger partial charge >= 0.3 is 0 Å². The van der Waals surface area contributed by atoms with Gasteiger partial charge in [0.1, 0.15) is 59.4 Å². The van der Waals surface area contributed by atoms with Crippen molar-refractivity contribution in [1.29, 1.82) is 0 Å². The number of carbonyl (C=O) groups excluding carboxylic acids is 5. The van der Waals surface area contributed by atoms with Gasteiger partial charge in [-0.2, -0.15) is 0 Å². The molecule has 0 heterocycles. The molecular weight excluding hydrogens is 933 g/mol. The second kappa shape index (κ2) is 33.2. The third-order valence-corrected chi connectivity index (χ3v) is 10.3. The Morgan fingerprint density at radius 3 is 1.19 bits per heavy atom. The highest BCUT2D eigenvalue weighted by Crippen LogP contribution is 2.31. The van der Waals surface area contributed by atoms with Crippen LogP contribution in [0.5, 0.6) is 11.5 Å². The number of methoxy groups -OCH3 is 2. The Balaban J connectivity index is 0.000000772. The minimum Gasteiger partial charge on any atom is -0.497 e. The topological polar surface area (TPSA) is 141 Å². The summed E-state index contributed by atoms with van der Waals surface area (Å²) in [6.45, 7) is 11.2. The lowest BCUT2D eigenvalue weighted by Gasteiger charge is -2.33. The lowest BCUT2D eigenvalue weighted by molar-refractivity contribution is -0.125. The number of nitrogens with one attached hydrogen (secondary N) is 2. The monoisotopic (exact) mass is 1000 g/mol. The summed E-state index contributed by atoms with van der Waals surface area (Å²) >= 11 is 0. The molecule has 0 bridgehead atoms. The van der Waals surface area contributed by atoms with E-state index in [4.69, 9.17) is 9.47 Å². The maximum Gasteiger partial charge on any atom is 0.243 e. The van der Waals surface area contributed by atoms with E-state index in [9.17, 15) is 41.5 Å². The van der Waals surface area contributed by atoms with Crippen molar-refractivity contribution in [3.05, 3.63) is 144 Å². The van der Waals surface area contributed by atoms with E-state index in [1.807, 2.05) is 90.6 Å². The van der Waals surface area contributed by atoms with Crippen molar-refractivity contribution in [1.82, 2.24) is 10.6 Å². The molecule has 0 aliphatic rings. The number of nitrogens with zero attached hydrogens (tertiary/aromatic N) is 4. The molecule has 5 aromatic rings. The first-order chi connectivity index (χ1) is 34.2. The summed E-state index contributed by atoms with van der Waals surface area (Å²) in [6, 6.07) is 23.5. The summed E-state index contributed by atoms with van der Waals surface area (Å²) in [5.41, 5.74) is 3.27. The second-order valence-electron chi connectivity index (χ2n) is 16.3. The Morgan fingerprint density at radius 1 is 0.556 bits per heavy atom. The van der Waals surface area contributed by atoms with Crippen LogP contribution < -0.4 is 39.7 Å². The molecule has 0 aromatic heterocycles. The van der Waals surface area contributed by atoms with Gasteiger partial charge in [0.05, 0.1) is 37.7 Å². The molecule has 5 rings (SSSR count). The van der Waals surface area contributed by atoms with Gasteiger partial charge in [0.25, 0.3) is 0 Å². The normalized spacial score (nSPS) is 11.6. The van der Waals surface area contributed by atoms with Crippen LogP contribution in [0, 0.1) is 23.3 Å². The van der Waals surface area contributed by atoms with E-state index in [0.717, 1.165) is 40.7 Å². The summed E-state index contributed by atoms with van der Waals surface area (Å²) < 4.78 is 64.4. The maximum absolute atomic E-state index is 13.6. The van der Waals surface area contributed by atoms with Crippen LogP contribution in [0.25, 0.3) is 0 Å². The van der Waals surface area contributed by atoms with Crippen LogP contribution >= 0.6 is 0 Å². The van der Waals surface area contributed by atoms with Crippen molar-refractivity contribution < 1.29 is 51.0 Å². The predicted octanol–water partition coefficient (Wildman–Crippen LogP) is 9.24. The molecular formula is C55H72F4N6O7. The largest absolute Gasteiger partial charge is 0.497 e. The van der Waals surface area contributed by atoms with Crippen LogP contribution in [0.3, 0.4) is 0 Å². The summed E-state index contributed by atoms with van der Waals surface area (Å²) in [5, 5.41) is 5.02. The number of benzene rings is 5. The van der Waals surface area contributed by atoms with Crippen LogP contribution in [0.15, 0.2) is 109 Å². The number of hydrogen-bond donors (Lipinski definition) is 2. The fourth-order valence-corrected chi connectivity index (χ4v) is 6.45. The fourth-order valence-electron chi connectivity index (χ4n) is 6.45. The van der Waals surface area contributed by atoms with Gasteiger partial charge in [0.15, 0.2) is 0 Å². The van der Waals surface area contributed by atoms with E-state index in [2.05, 4.69) is 34.3 Å². The van der Waals surface area contributed by atoms with Gasteiger partial charge in [0.2, 0.25) is 18.2 Å². The number of amides is 3. The molecule has 0 radical (unpaired) electrons. The standard InChI is InChI=1S/C32H32F4N4O5.2C9H13NO.C3H8.C2H6/c1-19(31(44)37-27(16-41)12-21-8-23(33)14-24(34)9-21)39(3)29-6-4-5-7-30(29)40(18-43)20(2)32(45)38-28(17-42)13-22-10-25(35)15-26(36)11-22;2*1-10(2)8-4-6-9(11-3)7-5-8;1-3-2;1-2/h4-11,14-20,27-28H,12-13H2,1-3H3,(H,37,44)(H,38,45);2*4-7H,1-3H3;3H2,1-2H3;1-2H3/t19?,20?,27-,28-;;;;/m0..../s1. The number of anilines is 4. The Bertz CT molecular complexity index is 2320. The van der Waals surface area contributed by atoms with Gasteiger partial charge in [-0.15, -0.1) is 0 Å². The highest BCUT2D eigenvalue weighted by Gasteiger charge is 2.29. The van der Waals surface area contributed by atoms with Crippen molar-refractivity contribution in [2.75, 3.05) is 69.1 Å². The number of aldehydes is 2. The van der Waals surface area contributed by atoms with Gasteiger partial charge in [0, 0.05) is 58.7 Å². The van der Waals surface area contributed by atoms with E-state index in [-0.39, 0.29) is 29.7 Å². The van der Waals surface area contributed by atoms with Crippen LogP contribution in [0.1, 0.15) is 59.1 Å². The molecule has 0 aliphatic heterocycles. The molecule has 3 amide bonds. The summed E-state index contributed by atoms with van der Waals surface area (Å²) in [6.07, 6.45) is 2.17. The van der Waals surface area contributed by atoms with Crippen LogP contribution in [-0.2, 0) is 36.8 Å². The Hall–Kier alpha value is -7.43. The Labute approximate surface area is 423 Å². The molecule has 0 fully saturated rings. The second-order valence-corrected chi connectivity index (χ2v) is 16.3. The van der Waals surface area contributed by atoms with E-state index in [0.29, 0.717) is 36.8 Å². The van der Waals surface area contributed by atoms with Gasteiger partial charge in [-0.25, -0.2) is 17.6 Å². The van der Waals surface area contributed by atoms with Gasteiger partial charge in [-0.1, -0.05) is 46.2 Å². The van der Waals surface area contributed by atoms with Crippen LogP contribution in [0.4, 0.5) is 40.3 Å². The molecule has 17 heteroatoms. The van der Waals surface area contributed by atoms with Crippen LogP contribution in [-0.4, -0.2) is 104 Å². The number of ether oxygens (including phenoxy) is 2. The molecule has 0 aliphatic carbocycles. The molecule has 2 N–H and O–H groups in total. The minimum atomic E-state index is -1.17. The zero-order chi connectivity index (χ0) is 54.5.